The molecule has 0 aliphatic carbocycles. The summed E-state index contributed by atoms with van der Waals surface area (Å²) in [7, 11) is 0. The van der Waals surface area contributed by atoms with E-state index >= 15 is 0 Å². The minimum absolute atomic E-state index is 0.0223. The number of aryl methyl sites for hydroxylation is 2. The molecule has 136 valence electrons. The van der Waals surface area contributed by atoms with Crippen LogP contribution in [0.1, 0.15) is 36.8 Å². The van der Waals surface area contributed by atoms with Gasteiger partial charge in [-0.05, 0) is 45.7 Å². The van der Waals surface area contributed by atoms with E-state index in [1.165, 1.54) is 0 Å². The summed E-state index contributed by atoms with van der Waals surface area (Å²) in [6.07, 6.45) is 1.64. The molecule has 0 saturated carbocycles. The second-order valence-electron chi connectivity index (χ2n) is 7.22. The van der Waals surface area contributed by atoms with Crippen LogP contribution >= 0.6 is 0 Å². The van der Waals surface area contributed by atoms with E-state index < -0.39 is 6.04 Å². The molecule has 0 bridgehead atoms. The van der Waals surface area contributed by atoms with Crippen LogP contribution in [0.4, 0.5) is 0 Å². The van der Waals surface area contributed by atoms with Gasteiger partial charge < -0.3 is 14.2 Å². The lowest BCUT2D eigenvalue weighted by Gasteiger charge is -2.40. The van der Waals surface area contributed by atoms with E-state index in [0.29, 0.717) is 30.4 Å². The van der Waals surface area contributed by atoms with Crippen molar-refractivity contribution in [2.75, 3.05) is 6.54 Å². The lowest BCUT2D eigenvalue weighted by atomic mass is 10.1. The molecule has 4 rings (SSSR count). The SMILES string of the molecule is Cc1cccc(-c2nc(CN3C(=O)[C@H]4CCCN4C(=O)[C@@H]3C)c(C)o2)c1. The smallest absolute Gasteiger partial charge is 0.246 e. The third kappa shape index (κ3) is 2.69. The van der Waals surface area contributed by atoms with Crippen molar-refractivity contribution in [3.8, 4) is 11.5 Å². The molecule has 0 N–H and O–H groups in total. The van der Waals surface area contributed by atoms with Gasteiger partial charge in [-0.15, -0.1) is 0 Å². The van der Waals surface area contributed by atoms with Crippen LogP contribution in [0.2, 0.25) is 0 Å². The van der Waals surface area contributed by atoms with Crippen molar-refractivity contribution in [3.05, 3.63) is 41.3 Å². The summed E-state index contributed by atoms with van der Waals surface area (Å²) in [5.41, 5.74) is 2.75. The number of hydrogen-bond acceptors (Lipinski definition) is 4. The highest BCUT2D eigenvalue weighted by Crippen LogP contribution is 2.29. The summed E-state index contributed by atoms with van der Waals surface area (Å²) in [5.74, 6) is 1.29. The number of carbonyl (C=O) groups excluding carboxylic acids is 2. The molecule has 1 aromatic heterocycles. The van der Waals surface area contributed by atoms with Gasteiger partial charge in [0, 0.05) is 12.1 Å². The third-order valence-corrected chi connectivity index (χ3v) is 5.41. The Bertz CT molecular complexity index is 873. The van der Waals surface area contributed by atoms with Crippen LogP contribution in [0.3, 0.4) is 0 Å². The molecule has 0 radical (unpaired) electrons. The average Bonchev–Trinajstić information content (AvgIpc) is 3.24. The monoisotopic (exact) mass is 353 g/mol. The fourth-order valence-electron chi connectivity index (χ4n) is 3.90. The Labute approximate surface area is 152 Å². The predicted octanol–water partition coefficient (Wildman–Crippen LogP) is 2.68. The molecular formula is C20H23N3O3. The maximum Gasteiger partial charge on any atom is 0.246 e. The van der Waals surface area contributed by atoms with Gasteiger partial charge in [0.2, 0.25) is 17.7 Å². The van der Waals surface area contributed by atoms with Crippen molar-refractivity contribution in [1.82, 2.24) is 14.8 Å². The number of hydrogen-bond donors (Lipinski definition) is 0. The second-order valence-corrected chi connectivity index (χ2v) is 7.22. The molecular weight excluding hydrogens is 330 g/mol. The van der Waals surface area contributed by atoms with Gasteiger partial charge in [0.1, 0.15) is 23.5 Å². The molecule has 2 atom stereocenters. The summed E-state index contributed by atoms with van der Waals surface area (Å²) in [5, 5.41) is 0. The number of amides is 2. The molecule has 0 spiro atoms. The molecule has 2 fully saturated rings. The summed E-state index contributed by atoms with van der Waals surface area (Å²) in [6, 6.07) is 7.19. The largest absolute Gasteiger partial charge is 0.441 e. The van der Waals surface area contributed by atoms with E-state index in [4.69, 9.17) is 4.42 Å². The Balaban J connectivity index is 1.61. The van der Waals surface area contributed by atoms with Crippen molar-refractivity contribution < 1.29 is 14.0 Å². The molecule has 3 heterocycles. The van der Waals surface area contributed by atoms with Gasteiger partial charge in [-0.2, -0.15) is 0 Å². The van der Waals surface area contributed by atoms with Crippen LogP contribution in [0.25, 0.3) is 11.5 Å². The number of aromatic nitrogens is 1. The standard InChI is InChI=1S/C20H23N3O3/c1-12-6-4-7-15(10-12)18-21-16(14(3)26-18)11-23-13(2)19(24)22-9-5-8-17(22)20(23)25/h4,6-7,10,13,17H,5,8-9,11H2,1-3H3/t13-,17+/m0/s1. The molecule has 2 aliphatic heterocycles. The van der Waals surface area contributed by atoms with Gasteiger partial charge in [-0.1, -0.05) is 17.7 Å². The quantitative estimate of drug-likeness (QED) is 0.851. The lowest BCUT2D eigenvalue weighted by Crippen LogP contribution is -2.61. The highest BCUT2D eigenvalue weighted by molar-refractivity contribution is 5.97. The van der Waals surface area contributed by atoms with Gasteiger partial charge >= 0.3 is 0 Å². The molecule has 2 aliphatic rings. The fraction of sp³-hybridized carbons (Fsp3) is 0.450. The van der Waals surface area contributed by atoms with Crippen LogP contribution in [0.15, 0.2) is 28.7 Å². The van der Waals surface area contributed by atoms with E-state index in [1.54, 1.807) is 16.7 Å². The maximum absolute atomic E-state index is 12.9. The predicted molar refractivity (Wildman–Crippen MR) is 96.2 cm³/mol. The molecule has 1 aromatic carbocycles. The van der Waals surface area contributed by atoms with Crippen LogP contribution in [0.5, 0.6) is 0 Å². The first-order valence-electron chi connectivity index (χ1n) is 9.10. The molecule has 2 amide bonds. The highest BCUT2D eigenvalue weighted by atomic mass is 16.4. The molecule has 2 saturated heterocycles. The van der Waals surface area contributed by atoms with Gasteiger partial charge in [0.15, 0.2) is 0 Å². The zero-order valence-electron chi connectivity index (χ0n) is 15.4. The first-order chi connectivity index (χ1) is 12.5. The van der Waals surface area contributed by atoms with Gasteiger partial charge in [0.05, 0.1) is 6.54 Å². The van der Waals surface area contributed by atoms with E-state index in [0.717, 1.165) is 24.0 Å². The van der Waals surface area contributed by atoms with Crippen LogP contribution < -0.4 is 0 Å². The first-order valence-corrected chi connectivity index (χ1v) is 9.10. The molecule has 2 aromatic rings. The molecule has 6 heteroatoms. The molecule has 26 heavy (non-hydrogen) atoms. The normalized spacial score (nSPS) is 22.9. The second kappa shape index (κ2) is 6.27. The minimum atomic E-state index is -0.463. The number of fused-ring (bicyclic) bond motifs is 1. The van der Waals surface area contributed by atoms with E-state index in [2.05, 4.69) is 4.98 Å². The number of benzene rings is 1. The van der Waals surface area contributed by atoms with Crippen molar-refractivity contribution in [3.63, 3.8) is 0 Å². The van der Waals surface area contributed by atoms with E-state index in [9.17, 15) is 9.59 Å². The zero-order valence-corrected chi connectivity index (χ0v) is 15.4. The third-order valence-electron chi connectivity index (χ3n) is 5.41. The Hall–Kier alpha value is -2.63. The molecule has 0 unspecified atom stereocenters. The fourth-order valence-corrected chi connectivity index (χ4v) is 3.90. The van der Waals surface area contributed by atoms with Crippen LogP contribution in [-0.4, -0.2) is 45.2 Å². The van der Waals surface area contributed by atoms with E-state index in [-0.39, 0.29) is 17.9 Å². The average molecular weight is 353 g/mol. The van der Waals surface area contributed by atoms with E-state index in [1.807, 2.05) is 38.1 Å². The summed E-state index contributed by atoms with van der Waals surface area (Å²) < 4.78 is 5.84. The van der Waals surface area contributed by atoms with Crippen molar-refractivity contribution in [2.45, 2.75) is 52.2 Å². The number of nitrogens with zero attached hydrogens (tertiary/aromatic N) is 3. The Kier molecular flexibility index (Phi) is 4.05. The van der Waals surface area contributed by atoms with Gasteiger partial charge in [0.25, 0.3) is 0 Å². The maximum atomic E-state index is 12.9. The Morgan fingerprint density at radius 3 is 2.81 bits per heavy atom. The minimum Gasteiger partial charge on any atom is -0.441 e. The Morgan fingerprint density at radius 2 is 2.04 bits per heavy atom. The van der Waals surface area contributed by atoms with Gasteiger partial charge in [-0.25, -0.2) is 4.98 Å². The van der Waals surface area contributed by atoms with Crippen LogP contribution in [-0.2, 0) is 16.1 Å². The number of piperazine rings is 1. The number of carbonyl (C=O) groups is 2. The van der Waals surface area contributed by atoms with Crippen molar-refractivity contribution in [1.29, 1.82) is 0 Å². The first kappa shape index (κ1) is 16.8. The topological polar surface area (TPSA) is 66.7 Å². The summed E-state index contributed by atoms with van der Waals surface area (Å²) in [6.45, 7) is 6.66. The van der Waals surface area contributed by atoms with Crippen molar-refractivity contribution in [2.24, 2.45) is 0 Å². The number of oxazole rings is 1. The van der Waals surface area contributed by atoms with Crippen molar-refractivity contribution >= 4 is 11.8 Å². The summed E-state index contributed by atoms with van der Waals surface area (Å²) >= 11 is 0. The molecule has 6 nitrogen and oxygen atoms in total. The summed E-state index contributed by atoms with van der Waals surface area (Å²) in [4.78, 5) is 33.5. The highest BCUT2D eigenvalue weighted by Gasteiger charge is 2.46. The zero-order chi connectivity index (χ0) is 18.4. The Morgan fingerprint density at radius 1 is 1.23 bits per heavy atom. The lowest BCUT2D eigenvalue weighted by molar-refractivity contribution is -0.159. The van der Waals surface area contributed by atoms with Crippen LogP contribution in [0, 0.1) is 13.8 Å². The number of rotatable bonds is 3. The van der Waals surface area contributed by atoms with Gasteiger partial charge in [-0.3, -0.25) is 9.59 Å².